The fourth-order valence-corrected chi connectivity index (χ4v) is 3.68. The predicted octanol–water partition coefficient (Wildman–Crippen LogP) is 3.80. The molecule has 4 heteroatoms. The number of benzene rings is 1. The van der Waals surface area contributed by atoms with E-state index in [1.165, 1.54) is 17.6 Å². The van der Waals surface area contributed by atoms with Crippen LogP contribution in [-0.4, -0.2) is 30.4 Å². The zero-order valence-electron chi connectivity index (χ0n) is 13.7. The molecule has 0 aliphatic heterocycles. The first-order chi connectivity index (χ1) is 9.91. The molecule has 0 heterocycles. The maximum absolute atomic E-state index is 12.1. The van der Waals surface area contributed by atoms with Crippen LogP contribution in [0.1, 0.15) is 39.2 Å². The van der Waals surface area contributed by atoms with Gasteiger partial charge in [0.25, 0.3) is 0 Å². The summed E-state index contributed by atoms with van der Waals surface area (Å²) in [4.78, 5) is 13.3. The van der Waals surface area contributed by atoms with E-state index < -0.39 is 5.54 Å². The molecule has 21 heavy (non-hydrogen) atoms. The van der Waals surface area contributed by atoms with E-state index in [1.54, 1.807) is 11.8 Å². The lowest BCUT2D eigenvalue weighted by atomic mass is 9.96. The number of esters is 1. The number of methoxy groups -OCH3 is 1. The molecule has 1 rings (SSSR count). The van der Waals surface area contributed by atoms with Crippen molar-refractivity contribution in [2.75, 3.05) is 13.7 Å². The molecule has 0 aliphatic carbocycles. The van der Waals surface area contributed by atoms with Crippen molar-refractivity contribution < 1.29 is 9.53 Å². The van der Waals surface area contributed by atoms with Crippen molar-refractivity contribution in [3.05, 3.63) is 29.8 Å². The summed E-state index contributed by atoms with van der Waals surface area (Å²) in [5.74, 6) is -0.187. The van der Waals surface area contributed by atoms with Crippen LogP contribution < -0.4 is 5.32 Å². The van der Waals surface area contributed by atoms with Gasteiger partial charge in [0.1, 0.15) is 5.54 Å². The lowest BCUT2D eigenvalue weighted by Gasteiger charge is -2.30. The molecule has 0 amide bonds. The minimum atomic E-state index is -0.624. The molecule has 0 saturated heterocycles. The second-order valence-electron chi connectivity index (χ2n) is 5.70. The van der Waals surface area contributed by atoms with Crippen LogP contribution >= 0.6 is 11.8 Å². The number of carbonyl (C=O) groups is 1. The summed E-state index contributed by atoms with van der Waals surface area (Å²) in [6, 6.07) is 8.45. The van der Waals surface area contributed by atoms with Crippen molar-refractivity contribution in [3.8, 4) is 0 Å². The van der Waals surface area contributed by atoms with Gasteiger partial charge >= 0.3 is 5.97 Å². The third-order valence-electron chi connectivity index (χ3n) is 3.42. The van der Waals surface area contributed by atoms with E-state index >= 15 is 0 Å². The van der Waals surface area contributed by atoms with E-state index in [2.05, 4.69) is 50.4 Å². The Morgan fingerprint density at radius 1 is 1.48 bits per heavy atom. The monoisotopic (exact) mass is 309 g/mol. The zero-order valence-corrected chi connectivity index (χ0v) is 14.5. The van der Waals surface area contributed by atoms with Crippen molar-refractivity contribution >= 4 is 17.7 Å². The summed E-state index contributed by atoms with van der Waals surface area (Å²) < 4.78 is 4.97. The second kappa shape index (κ2) is 8.44. The largest absolute Gasteiger partial charge is 0.468 e. The summed E-state index contributed by atoms with van der Waals surface area (Å²) in [5, 5.41) is 3.66. The first-order valence-electron chi connectivity index (χ1n) is 7.48. The molecule has 3 nitrogen and oxygen atoms in total. The molecule has 0 radical (unpaired) electrons. The Hall–Kier alpha value is -1.00. The maximum Gasteiger partial charge on any atom is 0.325 e. The number of carbonyl (C=O) groups excluding carboxylic acids is 1. The van der Waals surface area contributed by atoms with Crippen LogP contribution in [0.2, 0.25) is 0 Å². The molecule has 1 N–H and O–H groups in total. The first kappa shape index (κ1) is 18.1. The second-order valence-corrected chi connectivity index (χ2v) is 7.21. The Morgan fingerprint density at radius 3 is 2.76 bits per heavy atom. The lowest BCUT2D eigenvalue weighted by molar-refractivity contribution is -0.148. The van der Waals surface area contributed by atoms with Crippen molar-refractivity contribution in [3.63, 3.8) is 0 Å². The van der Waals surface area contributed by atoms with Gasteiger partial charge in [0.2, 0.25) is 0 Å². The van der Waals surface area contributed by atoms with E-state index in [4.69, 9.17) is 4.74 Å². The molecule has 0 fully saturated rings. The number of rotatable bonds is 8. The van der Waals surface area contributed by atoms with Gasteiger partial charge in [-0.1, -0.05) is 31.5 Å². The molecule has 1 aromatic carbocycles. The highest BCUT2D eigenvalue weighted by molar-refractivity contribution is 7.99. The predicted molar refractivity (Wildman–Crippen MR) is 89.8 cm³/mol. The zero-order chi connectivity index (χ0) is 15.9. The fourth-order valence-electron chi connectivity index (χ4n) is 2.39. The third kappa shape index (κ3) is 5.71. The van der Waals surface area contributed by atoms with Crippen LogP contribution in [0.3, 0.4) is 0 Å². The fraction of sp³-hybridized carbons (Fsp3) is 0.588. The van der Waals surface area contributed by atoms with Gasteiger partial charge < -0.3 is 10.1 Å². The lowest BCUT2D eigenvalue weighted by Crippen LogP contribution is -2.51. The van der Waals surface area contributed by atoms with Gasteiger partial charge in [-0.3, -0.25) is 4.79 Å². The summed E-state index contributed by atoms with van der Waals surface area (Å²) >= 11 is 1.80. The van der Waals surface area contributed by atoms with Crippen molar-refractivity contribution in [2.45, 2.75) is 56.2 Å². The Labute approximate surface area is 132 Å². The Morgan fingerprint density at radius 2 is 2.19 bits per heavy atom. The normalized spacial score (nSPS) is 15.3. The average Bonchev–Trinajstić information content (AvgIpc) is 2.44. The Balaban J connectivity index is 2.71. The van der Waals surface area contributed by atoms with Crippen LogP contribution in [0.4, 0.5) is 0 Å². The highest BCUT2D eigenvalue weighted by atomic mass is 32.2. The van der Waals surface area contributed by atoms with Crippen LogP contribution in [0, 0.1) is 6.92 Å². The molecule has 2 atom stereocenters. The summed E-state index contributed by atoms with van der Waals surface area (Å²) in [7, 11) is 1.45. The van der Waals surface area contributed by atoms with Crippen molar-refractivity contribution in [1.82, 2.24) is 5.32 Å². The smallest absolute Gasteiger partial charge is 0.325 e. The molecule has 118 valence electrons. The van der Waals surface area contributed by atoms with E-state index in [0.29, 0.717) is 5.25 Å². The average molecular weight is 309 g/mol. The summed E-state index contributed by atoms with van der Waals surface area (Å²) in [6.45, 7) is 9.09. The molecule has 0 aliphatic rings. The summed E-state index contributed by atoms with van der Waals surface area (Å²) in [6.07, 6.45) is 1.73. The molecule has 0 aromatic heterocycles. The van der Waals surface area contributed by atoms with Crippen molar-refractivity contribution in [2.24, 2.45) is 0 Å². The van der Waals surface area contributed by atoms with Gasteiger partial charge in [0.05, 0.1) is 7.11 Å². The van der Waals surface area contributed by atoms with Crippen LogP contribution in [-0.2, 0) is 9.53 Å². The molecule has 0 bridgehead atoms. The van der Waals surface area contributed by atoms with E-state index in [0.717, 1.165) is 19.4 Å². The molecular formula is C17H27NO2S. The topological polar surface area (TPSA) is 38.3 Å². The maximum atomic E-state index is 12.1. The SMILES string of the molecule is CCCNC(C)(CC(C)Sc1cccc(C)c1)C(=O)OC. The highest BCUT2D eigenvalue weighted by Gasteiger charge is 2.35. The van der Waals surface area contributed by atoms with Gasteiger partial charge in [-0.2, -0.15) is 0 Å². The van der Waals surface area contributed by atoms with E-state index in [9.17, 15) is 4.79 Å². The Bertz CT molecular complexity index is 464. The van der Waals surface area contributed by atoms with E-state index in [1.807, 2.05) is 6.92 Å². The molecule has 0 spiro atoms. The molecular weight excluding hydrogens is 282 g/mol. The number of hydrogen-bond donors (Lipinski definition) is 1. The molecule has 0 saturated carbocycles. The molecule has 1 aromatic rings. The quantitative estimate of drug-likeness (QED) is 0.585. The number of aryl methyl sites for hydroxylation is 1. The first-order valence-corrected chi connectivity index (χ1v) is 8.36. The van der Waals surface area contributed by atoms with Gasteiger partial charge in [-0.15, -0.1) is 11.8 Å². The van der Waals surface area contributed by atoms with Crippen LogP contribution in [0.5, 0.6) is 0 Å². The highest BCUT2D eigenvalue weighted by Crippen LogP contribution is 2.29. The number of ether oxygens (including phenoxy) is 1. The van der Waals surface area contributed by atoms with Gasteiger partial charge in [0, 0.05) is 10.1 Å². The minimum absolute atomic E-state index is 0.187. The number of thioether (sulfide) groups is 1. The van der Waals surface area contributed by atoms with Crippen molar-refractivity contribution in [1.29, 1.82) is 0 Å². The van der Waals surface area contributed by atoms with Crippen LogP contribution in [0.25, 0.3) is 0 Å². The third-order valence-corrected chi connectivity index (χ3v) is 4.52. The summed E-state index contributed by atoms with van der Waals surface area (Å²) in [5.41, 5.74) is 0.633. The van der Waals surface area contributed by atoms with E-state index in [-0.39, 0.29) is 5.97 Å². The minimum Gasteiger partial charge on any atom is -0.468 e. The number of nitrogens with one attached hydrogen (secondary N) is 1. The van der Waals surface area contributed by atoms with Gasteiger partial charge in [0.15, 0.2) is 0 Å². The number of hydrogen-bond acceptors (Lipinski definition) is 4. The van der Waals surface area contributed by atoms with Gasteiger partial charge in [-0.05, 0) is 45.4 Å². The van der Waals surface area contributed by atoms with Crippen LogP contribution in [0.15, 0.2) is 29.2 Å². The Kier molecular flexibility index (Phi) is 7.26. The van der Waals surface area contributed by atoms with Gasteiger partial charge in [-0.25, -0.2) is 0 Å². The molecule has 2 unspecified atom stereocenters. The standard InChI is InChI=1S/C17H27NO2S/c1-6-10-18-17(4,16(19)20-5)12-14(3)21-15-9-7-8-13(2)11-15/h7-9,11,14,18H,6,10,12H2,1-5H3.